The molecular weight excluding hydrogens is 248 g/mol. The van der Waals surface area contributed by atoms with Crippen molar-refractivity contribution in [1.82, 2.24) is 14.7 Å². The molecule has 1 aliphatic carbocycles. The minimum atomic E-state index is 0.622. The van der Waals surface area contributed by atoms with Gasteiger partial charge in [0, 0.05) is 38.4 Å². The van der Waals surface area contributed by atoms with Gasteiger partial charge in [-0.15, -0.1) is 0 Å². The lowest BCUT2D eigenvalue weighted by molar-refractivity contribution is 0.109. The average Bonchev–Trinajstić information content (AvgIpc) is 2.85. The van der Waals surface area contributed by atoms with E-state index in [4.69, 9.17) is 0 Å². The largest absolute Gasteiger partial charge is 0.380 e. The molecule has 2 atom stereocenters. The number of nitrogens with zero attached hydrogens (tertiary/aromatic N) is 3. The molecule has 0 spiro atoms. The summed E-state index contributed by atoms with van der Waals surface area (Å²) in [5.74, 6) is 0.931. The molecule has 1 saturated heterocycles. The summed E-state index contributed by atoms with van der Waals surface area (Å²) < 4.78 is 1.86. The van der Waals surface area contributed by atoms with E-state index in [0.29, 0.717) is 6.04 Å². The fourth-order valence-electron chi connectivity index (χ4n) is 3.87. The summed E-state index contributed by atoms with van der Waals surface area (Å²) in [7, 11) is 1.97. The van der Waals surface area contributed by atoms with Gasteiger partial charge in [0.25, 0.3) is 0 Å². The number of rotatable bonds is 3. The molecule has 2 fully saturated rings. The third kappa shape index (κ3) is 3.35. The van der Waals surface area contributed by atoms with Crippen LogP contribution in [0.2, 0.25) is 0 Å². The normalized spacial score (nSPS) is 29.5. The van der Waals surface area contributed by atoms with Gasteiger partial charge in [0.15, 0.2) is 0 Å². The van der Waals surface area contributed by atoms with Crippen LogP contribution in [0.25, 0.3) is 0 Å². The van der Waals surface area contributed by atoms with Crippen LogP contribution >= 0.6 is 0 Å². The van der Waals surface area contributed by atoms with Crippen LogP contribution in [0.3, 0.4) is 0 Å². The predicted molar refractivity (Wildman–Crippen MR) is 82.8 cm³/mol. The summed E-state index contributed by atoms with van der Waals surface area (Å²) in [6.07, 6.45) is 12.2. The van der Waals surface area contributed by atoms with E-state index in [2.05, 4.69) is 28.4 Å². The third-order valence-electron chi connectivity index (χ3n) is 5.03. The second-order valence-corrected chi connectivity index (χ2v) is 6.78. The lowest BCUT2D eigenvalue weighted by Gasteiger charge is -2.41. The number of piperidine rings is 1. The van der Waals surface area contributed by atoms with E-state index in [1.807, 2.05) is 17.9 Å². The first-order valence-corrected chi connectivity index (χ1v) is 8.20. The lowest BCUT2D eigenvalue weighted by Crippen LogP contribution is -2.46. The fraction of sp³-hybridized carbons (Fsp3) is 0.812. The van der Waals surface area contributed by atoms with E-state index in [9.17, 15) is 0 Å². The average molecular weight is 276 g/mol. The zero-order valence-electron chi connectivity index (χ0n) is 12.9. The number of anilines is 1. The van der Waals surface area contributed by atoms with Crippen molar-refractivity contribution in [3.05, 3.63) is 12.4 Å². The number of aryl methyl sites for hydroxylation is 1. The zero-order chi connectivity index (χ0) is 13.9. The van der Waals surface area contributed by atoms with Crippen LogP contribution in [-0.2, 0) is 7.05 Å². The van der Waals surface area contributed by atoms with E-state index in [-0.39, 0.29) is 0 Å². The minimum absolute atomic E-state index is 0.622. The van der Waals surface area contributed by atoms with Gasteiger partial charge in [0.1, 0.15) is 0 Å². The second kappa shape index (κ2) is 6.17. The Labute approximate surface area is 122 Å². The van der Waals surface area contributed by atoms with Gasteiger partial charge in [-0.1, -0.05) is 19.8 Å². The summed E-state index contributed by atoms with van der Waals surface area (Å²) in [6.45, 7) is 4.94. The quantitative estimate of drug-likeness (QED) is 0.921. The Morgan fingerprint density at radius 1 is 1.20 bits per heavy atom. The molecule has 0 unspecified atom stereocenters. The van der Waals surface area contributed by atoms with Crippen molar-refractivity contribution in [2.75, 3.05) is 18.4 Å². The number of aromatic nitrogens is 2. The highest BCUT2D eigenvalue weighted by molar-refractivity contribution is 5.39. The fourth-order valence-corrected chi connectivity index (χ4v) is 3.87. The lowest BCUT2D eigenvalue weighted by atomic mass is 9.85. The van der Waals surface area contributed by atoms with Crippen LogP contribution in [-0.4, -0.2) is 39.9 Å². The van der Waals surface area contributed by atoms with E-state index in [1.165, 1.54) is 51.6 Å². The van der Waals surface area contributed by atoms with Crippen LogP contribution in [0.15, 0.2) is 12.4 Å². The Bertz CT molecular complexity index is 420. The molecular formula is C16H28N4. The summed E-state index contributed by atoms with van der Waals surface area (Å²) in [6, 6.07) is 1.48. The standard InChI is InChI=1S/C16H28N4/c1-13-4-3-5-16(10-13)20-8-6-14(7-9-20)18-15-11-17-19(2)12-15/h11-14,16,18H,3-10H2,1-2H3/t13-,16+/m0/s1. The van der Waals surface area contributed by atoms with Crippen molar-refractivity contribution in [2.24, 2.45) is 13.0 Å². The Morgan fingerprint density at radius 2 is 2.00 bits per heavy atom. The SMILES string of the molecule is C[C@H]1CCC[C@@H](N2CCC(Nc3cnn(C)c3)CC2)C1. The van der Waals surface area contributed by atoms with E-state index >= 15 is 0 Å². The molecule has 4 nitrogen and oxygen atoms in total. The molecule has 1 aromatic rings. The predicted octanol–water partition coefficient (Wildman–Crippen LogP) is 2.88. The maximum Gasteiger partial charge on any atom is 0.0728 e. The zero-order valence-corrected chi connectivity index (χ0v) is 12.9. The molecule has 0 bridgehead atoms. The highest BCUT2D eigenvalue weighted by Crippen LogP contribution is 2.29. The van der Waals surface area contributed by atoms with Gasteiger partial charge in [-0.2, -0.15) is 5.10 Å². The van der Waals surface area contributed by atoms with Crippen molar-refractivity contribution < 1.29 is 0 Å². The van der Waals surface area contributed by atoms with Gasteiger partial charge in [-0.3, -0.25) is 4.68 Å². The Morgan fingerprint density at radius 3 is 2.65 bits per heavy atom. The Hall–Kier alpha value is -1.03. The molecule has 2 heterocycles. The first kappa shape index (κ1) is 13.9. The molecule has 1 N–H and O–H groups in total. The molecule has 0 amide bonds. The molecule has 1 saturated carbocycles. The number of nitrogens with one attached hydrogen (secondary N) is 1. The molecule has 2 aliphatic rings. The minimum Gasteiger partial charge on any atom is -0.380 e. The van der Waals surface area contributed by atoms with Crippen molar-refractivity contribution >= 4 is 5.69 Å². The highest BCUT2D eigenvalue weighted by atomic mass is 15.3. The molecule has 0 aromatic carbocycles. The monoisotopic (exact) mass is 276 g/mol. The molecule has 3 rings (SSSR count). The third-order valence-corrected chi connectivity index (χ3v) is 5.03. The second-order valence-electron chi connectivity index (χ2n) is 6.78. The van der Waals surface area contributed by atoms with Gasteiger partial charge in [0.05, 0.1) is 11.9 Å². The van der Waals surface area contributed by atoms with Crippen LogP contribution in [0, 0.1) is 5.92 Å². The summed E-state index contributed by atoms with van der Waals surface area (Å²) in [4.78, 5) is 2.75. The maximum absolute atomic E-state index is 4.22. The van der Waals surface area contributed by atoms with Crippen LogP contribution in [0.4, 0.5) is 5.69 Å². The summed E-state index contributed by atoms with van der Waals surface area (Å²) in [5, 5.41) is 7.85. The number of hydrogen-bond acceptors (Lipinski definition) is 3. The van der Waals surface area contributed by atoms with Crippen molar-refractivity contribution in [1.29, 1.82) is 0 Å². The van der Waals surface area contributed by atoms with Crippen molar-refractivity contribution in [3.63, 3.8) is 0 Å². The Kier molecular flexibility index (Phi) is 4.29. The molecule has 112 valence electrons. The van der Waals surface area contributed by atoms with Gasteiger partial charge in [-0.25, -0.2) is 0 Å². The van der Waals surface area contributed by atoms with Crippen LogP contribution in [0.5, 0.6) is 0 Å². The van der Waals surface area contributed by atoms with Gasteiger partial charge in [-0.05, 0) is 31.6 Å². The van der Waals surface area contributed by atoms with Crippen LogP contribution < -0.4 is 5.32 Å². The molecule has 1 aromatic heterocycles. The van der Waals surface area contributed by atoms with E-state index in [1.54, 1.807) is 0 Å². The van der Waals surface area contributed by atoms with E-state index < -0.39 is 0 Å². The summed E-state index contributed by atoms with van der Waals surface area (Å²) in [5.41, 5.74) is 1.16. The molecule has 0 radical (unpaired) electrons. The Balaban J connectivity index is 1.47. The van der Waals surface area contributed by atoms with Crippen LogP contribution in [0.1, 0.15) is 45.4 Å². The topological polar surface area (TPSA) is 33.1 Å². The van der Waals surface area contributed by atoms with Gasteiger partial charge >= 0.3 is 0 Å². The van der Waals surface area contributed by atoms with Crippen molar-refractivity contribution in [3.8, 4) is 0 Å². The summed E-state index contributed by atoms with van der Waals surface area (Å²) >= 11 is 0. The number of likely N-dealkylation sites (tertiary alicyclic amines) is 1. The van der Waals surface area contributed by atoms with E-state index in [0.717, 1.165) is 17.6 Å². The smallest absolute Gasteiger partial charge is 0.0728 e. The van der Waals surface area contributed by atoms with Gasteiger partial charge < -0.3 is 10.2 Å². The molecule has 4 heteroatoms. The van der Waals surface area contributed by atoms with Gasteiger partial charge in [0.2, 0.25) is 0 Å². The number of hydrogen-bond donors (Lipinski definition) is 1. The highest BCUT2D eigenvalue weighted by Gasteiger charge is 2.28. The molecule has 20 heavy (non-hydrogen) atoms. The maximum atomic E-state index is 4.22. The molecule has 1 aliphatic heterocycles. The first-order chi connectivity index (χ1) is 9.70. The van der Waals surface area contributed by atoms with Crippen molar-refractivity contribution in [2.45, 2.75) is 57.5 Å². The first-order valence-electron chi connectivity index (χ1n) is 8.20.